The summed E-state index contributed by atoms with van der Waals surface area (Å²) in [5.74, 6) is 0.765. The summed E-state index contributed by atoms with van der Waals surface area (Å²) in [5.41, 5.74) is 1.37. The van der Waals surface area contributed by atoms with Gasteiger partial charge in [0.15, 0.2) is 0 Å². The number of furan rings is 1. The molecular formula is C28H21Cl2N3O3. The number of hydrogen-bond acceptors (Lipinski definition) is 4. The summed E-state index contributed by atoms with van der Waals surface area (Å²) in [6.45, 7) is 2.03. The van der Waals surface area contributed by atoms with Gasteiger partial charge in [-0.25, -0.2) is 4.98 Å². The van der Waals surface area contributed by atoms with Crippen LogP contribution < -0.4 is 5.56 Å². The second-order valence-electron chi connectivity index (χ2n) is 8.30. The highest BCUT2D eigenvalue weighted by molar-refractivity contribution is 6.30. The van der Waals surface area contributed by atoms with Gasteiger partial charge in [-0.2, -0.15) is 0 Å². The van der Waals surface area contributed by atoms with Gasteiger partial charge in [0.1, 0.15) is 11.6 Å². The van der Waals surface area contributed by atoms with Crippen LogP contribution >= 0.6 is 23.2 Å². The number of rotatable bonds is 6. The molecule has 0 radical (unpaired) electrons. The van der Waals surface area contributed by atoms with Crippen LogP contribution in [-0.4, -0.2) is 20.4 Å². The van der Waals surface area contributed by atoms with Crippen molar-refractivity contribution in [3.8, 4) is 5.69 Å². The Balaban J connectivity index is 1.69. The van der Waals surface area contributed by atoms with Crippen molar-refractivity contribution >= 4 is 40.0 Å². The van der Waals surface area contributed by atoms with E-state index in [9.17, 15) is 9.59 Å². The fourth-order valence-corrected chi connectivity index (χ4v) is 4.37. The number of benzene rings is 3. The number of amides is 1. The van der Waals surface area contributed by atoms with Gasteiger partial charge in [0.2, 0.25) is 0 Å². The summed E-state index contributed by atoms with van der Waals surface area (Å²) in [6, 6.07) is 23.8. The molecule has 6 nitrogen and oxygen atoms in total. The lowest BCUT2D eigenvalue weighted by Gasteiger charge is -2.30. The third-order valence-corrected chi connectivity index (χ3v) is 6.49. The van der Waals surface area contributed by atoms with Crippen molar-refractivity contribution in [1.29, 1.82) is 0 Å². The molecule has 36 heavy (non-hydrogen) atoms. The quantitative estimate of drug-likeness (QED) is 0.251. The lowest BCUT2D eigenvalue weighted by atomic mass is 10.1. The first kappa shape index (κ1) is 23.9. The second kappa shape index (κ2) is 10.0. The smallest absolute Gasteiger partial charge is 0.266 e. The highest BCUT2D eigenvalue weighted by atomic mass is 35.5. The molecule has 0 saturated carbocycles. The molecule has 8 heteroatoms. The normalized spacial score (nSPS) is 12.0. The molecule has 5 rings (SSSR count). The average Bonchev–Trinajstić information content (AvgIpc) is 3.41. The maximum atomic E-state index is 13.7. The van der Waals surface area contributed by atoms with Gasteiger partial charge in [-0.3, -0.25) is 14.2 Å². The topological polar surface area (TPSA) is 68.3 Å². The van der Waals surface area contributed by atoms with Crippen molar-refractivity contribution in [2.75, 3.05) is 0 Å². The standard InChI is InChI=1S/C28H21Cl2N3O3/c1-18(32(17-23-5-4-16-36-23)27(34)19-8-10-20(29)11-9-19)26-31-25-7-3-2-6-24(25)28(35)33(26)22-14-12-21(30)13-15-22/h2-16,18H,17H2,1H3. The van der Waals surface area contributed by atoms with Crippen LogP contribution in [0.5, 0.6) is 0 Å². The summed E-state index contributed by atoms with van der Waals surface area (Å²) >= 11 is 12.2. The zero-order valence-electron chi connectivity index (χ0n) is 19.3. The van der Waals surface area contributed by atoms with E-state index in [0.717, 1.165) is 0 Å². The van der Waals surface area contributed by atoms with E-state index in [0.29, 0.717) is 43.8 Å². The summed E-state index contributed by atoms with van der Waals surface area (Å²) in [6.07, 6.45) is 1.56. The Morgan fingerprint density at radius 1 is 0.944 bits per heavy atom. The Kier molecular flexibility index (Phi) is 6.63. The third kappa shape index (κ3) is 4.65. The monoisotopic (exact) mass is 517 g/mol. The maximum Gasteiger partial charge on any atom is 0.266 e. The predicted molar refractivity (Wildman–Crippen MR) is 141 cm³/mol. The summed E-state index contributed by atoms with van der Waals surface area (Å²) in [5, 5.41) is 1.56. The van der Waals surface area contributed by atoms with Crippen LogP contribution in [-0.2, 0) is 6.54 Å². The van der Waals surface area contributed by atoms with E-state index >= 15 is 0 Å². The fourth-order valence-electron chi connectivity index (χ4n) is 4.12. The van der Waals surface area contributed by atoms with E-state index in [1.165, 1.54) is 4.57 Å². The molecule has 0 aliphatic rings. The highest BCUT2D eigenvalue weighted by Crippen LogP contribution is 2.27. The fraction of sp³-hybridized carbons (Fsp3) is 0.107. The van der Waals surface area contributed by atoms with Crippen LogP contribution in [0, 0.1) is 0 Å². The Morgan fingerprint density at radius 3 is 2.28 bits per heavy atom. The Labute approximate surface area is 217 Å². The van der Waals surface area contributed by atoms with Gasteiger partial charge >= 0.3 is 0 Å². The molecule has 2 aromatic heterocycles. The van der Waals surface area contributed by atoms with Crippen molar-refractivity contribution in [3.05, 3.63) is 129 Å². The number of aromatic nitrogens is 2. The molecule has 0 fully saturated rings. The molecule has 0 spiro atoms. The summed E-state index contributed by atoms with van der Waals surface area (Å²) < 4.78 is 7.09. The van der Waals surface area contributed by atoms with Crippen LogP contribution in [0.25, 0.3) is 16.6 Å². The number of carbonyl (C=O) groups is 1. The van der Waals surface area contributed by atoms with Crippen molar-refractivity contribution in [2.45, 2.75) is 19.5 Å². The van der Waals surface area contributed by atoms with Gasteiger partial charge in [0, 0.05) is 15.6 Å². The minimum Gasteiger partial charge on any atom is -0.467 e. The van der Waals surface area contributed by atoms with E-state index in [2.05, 4.69) is 0 Å². The first-order chi connectivity index (χ1) is 17.4. The van der Waals surface area contributed by atoms with Gasteiger partial charge in [0.05, 0.1) is 35.4 Å². The lowest BCUT2D eigenvalue weighted by Crippen LogP contribution is -2.37. The Hall–Kier alpha value is -3.87. The molecule has 0 N–H and O–H groups in total. The van der Waals surface area contributed by atoms with Gasteiger partial charge in [0.25, 0.3) is 11.5 Å². The van der Waals surface area contributed by atoms with Crippen LogP contribution in [0.2, 0.25) is 10.0 Å². The van der Waals surface area contributed by atoms with E-state index < -0.39 is 6.04 Å². The number of hydrogen-bond donors (Lipinski definition) is 0. The zero-order valence-corrected chi connectivity index (χ0v) is 20.8. The van der Waals surface area contributed by atoms with Crippen molar-refractivity contribution in [3.63, 3.8) is 0 Å². The Bertz CT molecular complexity index is 1580. The number of halogens is 2. The van der Waals surface area contributed by atoms with E-state index in [1.54, 1.807) is 90.0 Å². The molecule has 1 amide bonds. The van der Waals surface area contributed by atoms with Crippen molar-refractivity contribution in [1.82, 2.24) is 14.5 Å². The predicted octanol–water partition coefficient (Wildman–Crippen LogP) is 6.69. The first-order valence-corrected chi connectivity index (χ1v) is 12.0. The van der Waals surface area contributed by atoms with E-state index in [4.69, 9.17) is 32.6 Å². The third-order valence-electron chi connectivity index (χ3n) is 5.99. The summed E-state index contributed by atoms with van der Waals surface area (Å²) in [4.78, 5) is 33.9. The molecule has 0 saturated heterocycles. The summed E-state index contributed by atoms with van der Waals surface area (Å²) in [7, 11) is 0. The zero-order chi connectivity index (χ0) is 25.2. The number of nitrogens with zero attached hydrogens (tertiary/aromatic N) is 3. The number of carbonyl (C=O) groups excluding carboxylic acids is 1. The maximum absolute atomic E-state index is 13.7. The van der Waals surface area contributed by atoms with Crippen LogP contribution in [0.1, 0.15) is 34.9 Å². The minimum atomic E-state index is -0.605. The van der Waals surface area contributed by atoms with Crippen molar-refractivity contribution < 1.29 is 9.21 Å². The van der Waals surface area contributed by atoms with Gasteiger partial charge in [-0.15, -0.1) is 0 Å². The minimum absolute atomic E-state index is 0.180. The molecule has 1 atom stereocenters. The highest BCUT2D eigenvalue weighted by Gasteiger charge is 2.28. The molecular weight excluding hydrogens is 497 g/mol. The van der Waals surface area contributed by atoms with Crippen LogP contribution in [0.4, 0.5) is 0 Å². The molecule has 0 aliphatic carbocycles. The van der Waals surface area contributed by atoms with Gasteiger partial charge in [-0.05, 0) is 79.7 Å². The average molecular weight is 518 g/mol. The number of fused-ring (bicyclic) bond motifs is 1. The molecule has 1 unspecified atom stereocenters. The lowest BCUT2D eigenvalue weighted by molar-refractivity contribution is 0.0648. The molecule has 5 aromatic rings. The second-order valence-corrected chi connectivity index (χ2v) is 9.17. The van der Waals surface area contributed by atoms with Crippen molar-refractivity contribution in [2.24, 2.45) is 0 Å². The molecule has 2 heterocycles. The molecule has 3 aromatic carbocycles. The van der Waals surface area contributed by atoms with E-state index in [-0.39, 0.29) is 18.0 Å². The number of para-hydroxylation sites is 1. The van der Waals surface area contributed by atoms with E-state index in [1.807, 2.05) is 13.0 Å². The van der Waals surface area contributed by atoms with Crippen LogP contribution in [0.15, 0.2) is 100 Å². The SMILES string of the molecule is CC(c1nc2ccccc2c(=O)n1-c1ccc(Cl)cc1)N(Cc1ccco1)C(=O)c1ccc(Cl)cc1. The molecule has 180 valence electrons. The van der Waals surface area contributed by atoms with Crippen LogP contribution in [0.3, 0.4) is 0 Å². The van der Waals surface area contributed by atoms with Gasteiger partial charge in [-0.1, -0.05) is 35.3 Å². The largest absolute Gasteiger partial charge is 0.467 e. The molecule has 0 aliphatic heterocycles. The first-order valence-electron chi connectivity index (χ1n) is 11.3. The Morgan fingerprint density at radius 2 is 1.61 bits per heavy atom. The molecule has 0 bridgehead atoms. The van der Waals surface area contributed by atoms with Gasteiger partial charge < -0.3 is 9.32 Å².